The predicted octanol–water partition coefficient (Wildman–Crippen LogP) is 2.85. The lowest BCUT2D eigenvalue weighted by molar-refractivity contribution is -0.113. The highest BCUT2D eigenvalue weighted by atomic mass is 35.5. The maximum absolute atomic E-state index is 12.9. The molecule has 0 bridgehead atoms. The number of nitrogens with zero attached hydrogens (tertiary/aromatic N) is 4. The molecule has 1 aromatic carbocycles. The largest absolute Gasteiger partial charge is 0.495 e. The van der Waals surface area contributed by atoms with E-state index in [1.807, 2.05) is 13.8 Å². The van der Waals surface area contributed by atoms with Crippen molar-refractivity contribution in [2.75, 3.05) is 18.2 Å². The molecule has 9 nitrogen and oxygen atoms in total. The Labute approximate surface area is 193 Å². The number of carbonyl (C=O) groups excluding carboxylic acids is 1. The van der Waals surface area contributed by atoms with Crippen LogP contribution in [0.25, 0.3) is 11.0 Å². The summed E-state index contributed by atoms with van der Waals surface area (Å²) >= 11 is 7.21. The molecule has 0 radical (unpaired) electrons. The third kappa shape index (κ3) is 4.97. The summed E-state index contributed by atoms with van der Waals surface area (Å²) in [7, 11) is 2.93. The first-order valence-electron chi connectivity index (χ1n) is 9.86. The molecule has 0 saturated heterocycles. The van der Waals surface area contributed by atoms with Crippen LogP contribution in [0.2, 0.25) is 5.02 Å². The van der Waals surface area contributed by atoms with Gasteiger partial charge in [-0.15, -0.1) is 0 Å². The van der Waals surface area contributed by atoms with Crippen molar-refractivity contribution < 1.29 is 9.53 Å². The Balaban J connectivity index is 1.93. The number of hydrogen-bond acceptors (Lipinski definition) is 7. The number of halogens is 1. The average molecular weight is 478 g/mol. The van der Waals surface area contributed by atoms with Crippen molar-refractivity contribution in [1.29, 1.82) is 0 Å². The number of fused-ring (bicyclic) bond motifs is 1. The van der Waals surface area contributed by atoms with E-state index in [-0.39, 0.29) is 28.6 Å². The van der Waals surface area contributed by atoms with E-state index in [2.05, 4.69) is 15.3 Å². The molecule has 32 heavy (non-hydrogen) atoms. The van der Waals surface area contributed by atoms with E-state index in [1.165, 1.54) is 18.7 Å². The second kappa shape index (κ2) is 9.74. The molecule has 0 saturated carbocycles. The van der Waals surface area contributed by atoms with Crippen LogP contribution in [0.5, 0.6) is 5.75 Å². The Morgan fingerprint density at radius 2 is 2.00 bits per heavy atom. The Morgan fingerprint density at radius 3 is 2.62 bits per heavy atom. The molecule has 0 aliphatic heterocycles. The lowest BCUT2D eigenvalue weighted by atomic mass is 10.2. The minimum atomic E-state index is -0.491. The van der Waals surface area contributed by atoms with Crippen molar-refractivity contribution in [1.82, 2.24) is 19.1 Å². The maximum atomic E-state index is 12.9. The number of nitrogens with one attached hydrogen (secondary N) is 1. The van der Waals surface area contributed by atoms with Crippen LogP contribution >= 0.6 is 23.4 Å². The Kier molecular flexibility index (Phi) is 7.25. The molecule has 0 aliphatic carbocycles. The minimum Gasteiger partial charge on any atom is -0.495 e. The van der Waals surface area contributed by atoms with Gasteiger partial charge in [-0.25, -0.2) is 14.8 Å². The molecule has 3 rings (SSSR count). The number of amides is 1. The summed E-state index contributed by atoms with van der Waals surface area (Å²) in [4.78, 5) is 46.8. The number of benzene rings is 1. The first-order valence-corrected chi connectivity index (χ1v) is 11.2. The molecule has 0 unspecified atom stereocenters. The minimum absolute atomic E-state index is 0.00165. The summed E-state index contributed by atoms with van der Waals surface area (Å²) in [6.07, 6.45) is 0. The summed E-state index contributed by atoms with van der Waals surface area (Å²) in [5.41, 5.74) is -0.120. The van der Waals surface area contributed by atoms with Gasteiger partial charge < -0.3 is 10.1 Å². The van der Waals surface area contributed by atoms with Crippen molar-refractivity contribution in [3.8, 4) is 5.75 Å². The van der Waals surface area contributed by atoms with Crippen LogP contribution in [0.3, 0.4) is 0 Å². The van der Waals surface area contributed by atoms with E-state index < -0.39 is 11.2 Å². The molecule has 0 spiro atoms. The molecule has 3 aromatic rings. The summed E-state index contributed by atoms with van der Waals surface area (Å²) < 4.78 is 7.64. The summed E-state index contributed by atoms with van der Waals surface area (Å²) in [5, 5.41) is 3.72. The SMILES string of the molecule is COc1ccc(NC(=O)CSc2nc(C)nc3c2c(=O)n(C)c(=O)n3CC(C)C)cc1Cl. The topological polar surface area (TPSA) is 108 Å². The quantitative estimate of drug-likeness (QED) is 0.411. The number of methoxy groups -OCH3 is 1. The van der Waals surface area contributed by atoms with Gasteiger partial charge in [-0.3, -0.25) is 18.7 Å². The molecule has 2 aromatic heterocycles. The lowest BCUT2D eigenvalue weighted by Gasteiger charge is -2.15. The molecule has 1 N–H and O–H groups in total. The highest BCUT2D eigenvalue weighted by Crippen LogP contribution is 2.28. The Bertz CT molecular complexity index is 1300. The number of aromatic nitrogens is 4. The Morgan fingerprint density at radius 1 is 1.28 bits per heavy atom. The molecule has 0 atom stereocenters. The fourth-order valence-corrected chi connectivity index (χ4v) is 4.27. The molecule has 170 valence electrons. The second-order valence-corrected chi connectivity index (χ2v) is 8.98. The van der Waals surface area contributed by atoms with Crippen LogP contribution in [0.4, 0.5) is 5.69 Å². The van der Waals surface area contributed by atoms with E-state index >= 15 is 0 Å². The standard InChI is InChI=1S/C21H24ClN5O4S/c1-11(2)9-27-18-17(20(29)26(4)21(27)30)19(24-12(3)23-18)32-10-16(28)25-13-6-7-15(31-5)14(22)8-13/h6-8,11H,9-10H2,1-5H3,(H,25,28). The number of anilines is 1. The zero-order valence-electron chi connectivity index (χ0n) is 18.4. The van der Waals surface area contributed by atoms with Crippen molar-refractivity contribution >= 4 is 46.0 Å². The van der Waals surface area contributed by atoms with Crippen LogP contribution < -0.4 is 21.3 Å². The maximum Gasteiger partial charge on any atom is 0.332 e. The fraction of sp³-hybridized carbons (Fsp3) is 0.381. The predicted molar refractivity (Wildman–Crippen MR) is 126 cm³/mol. The summed E-state index contributed by atoms with van der Waals surface area (Å²) in [6.45, 7) is 6.04. The van der Waals surface area contributed by atoms with E-state index in [0.717, 1.165) is 16.3 Å². The Hall–Kier alpha value is -2.85. The second-order valence-electron chi connectivity index (χ2n) is 7.61. The molecule has 0 aliphatic rings. The number of hydrogen-bond donors (Lipinski definition) is 1. The summed E-state index contributed by atoms with van der Waals surface area (Å²) in [5.74, 6) is 0.786. The summed E-state index contributed by atoms with van der Waals surface area (Å²) in [6, 6.07) is 4.93. The van der Waals surface area contributed by atoms with Crippen LogP contribution in [0, 0.1) is 12.8 Å². The zero-order chi connectivity index (χ0) is 23.6. The van der Waals surface area contributed by atoms with Crippen molar-refractivity contribution in [3.05, 3.63) is 49.9 Å². The first kappa shape index (κ1) is 23.8. The first-order chi connectivity index (χ1) is 15.1. The van der Waals surface area contributed by atoms with Crippen molar-refractivity contribution in [2.45, 2.75) is 32.3 Å². The zero-order valence-corrected chi connectivity index (χ0v) is 20.0. The average Bonchev–Trinajstić information content (AvgIpc) is 2.73. The van der Waals surface area contributed by atoms with Gasteiger partial charge in [-0.2, -0.15) is 0 Å². The molecular formula is C21H24ClN5O4S. The fourth-order valence-electron chi connectivity index (χ4n) is 3.15. The van der Waals surface area contributed by atoms with E-state index in [0.29, 0.717) is 33.9 Å². The van der Waals surface area contributed by atoms with Gasteiger partial charge in [0.1, 0.15) is 22.0 Å². The highest BCUT2D eigenvalue weighted by molar-refractivity contribution is 8.00. The monoisotopic (exact) mass is 477 g/mol. The molecule has 1 amide bonds. The van der Waals surface area contributed by atoms with Gasteiger partial charge in [0.05, 0.1) is 17.9 Å². The number of thioether (sulfide) groups is 1. The van der Waals surface area contributed by atoms with E-state index in [4.69, 9.17) is 16.3 Å². The van der Waals surface area contributed by atoms with Gasteiger partial charge in [-0.1, -0.05) is 37.2 Å². The normalized spacial score (nSPS) is 11.2. The number of rotatable bonds is 7. The molecule has 2 heterocycles. The van der Waals surface area contributed by atoms with E-state index in [1.54, 1.807) is 25.1 Å². The van der Waals surface area contributed by atoms with Gasteiger partial charge in [0.15, 0.2) is 5.65 Å². The smallest absolute Gasteiger partial charge is 0.332 e. The molecule has 0 fully saturated rings. The van der Waals surface area contributed by atoms with Gasteiger partial charge in [-0.05, 0) is 31.0 Å². The van der Waals surface area contributed by atoms with E-state index in [9.17, 15) is 14.4 Å². The molecule has 11 heteroatoms. The third-order valence-corrected chi connectivity index (χ3v) is 5.85. The van der Waals surface area contributed by atoms with Gasteiger partial charge in [0.2, 0.25) is 5.91 Å². The lowest BCUT2D eigenvalue weighted by Crippen LogP contribution is -2.39. The highest BCUT2D eigenvalue weighted by Gasteiger charge is 2.19. The van der Waals surface area contributed by atoms with Crippen LogP contribution in [0.1, 0.15) is 19.7 Å². The van der Waals surface area contributed by atoms with Crippen LogP contribution in [-0.2, 0) is 18.4 Å². The number of aryl methyl sites for hydroxylation is 1. The number of ether oxygens (including phenoxy) is 1. The van der Waals surface area contributed by atoms with Gasteiger partial charge >= 0.3 is 5.69 Å². The van der Waals surface area contributed by atoms with Crippen molar-refractivity contribution in [3.63, 3.8) is 0 Å². The van der Waals surface area contributed by atoms with Gasteiger partial charge in [0.25, 0.3) is 5.56 Å². The van der Waals surface area contributed by atoms with Crippen molar-refractivity contribution in [2.24, 2.45) is 13.0 Å². The third-order valence-electron chi connectivity index (χ3n) is 4.58. The number of carbonyl (C=O) groups is 1. The van der Waals surface area contributed by atoms with Gasteiger partial charge in [0, 0.05) is 19.3 Å². The van der Waals surface area contributed by atoms with Crippen LogP contribution in [-0.4, -0.2) is 37.9 Å². The molecular weight excluding hydrogens is 454 g/mol. The van der Waals surface area contributed by atoms with Crippen LogP contribution in [0.15, 0.2) is 32.8 Å².